The van der Waals surface area contributed by atoms with Crippen molar-refractivity contribution in [2.75, 3.05) is 11.9 Å². The van der Waals surface area contributed by atoms with Crippen LogP contribution in [-0.2, 0) is 0 Å². The SMILES string of the molecule is Clc1ccc2c(c1)C(c1ccccc1)CN=CN2. The van der Waals surface area contributed by atoms with Gasteiger partial charge in [-0.15, -0.1) is 0 Å². The first kappa shape index (κ1) is 11.3. The normalized spacial score (nSPS) is 17.7. The predicted octanol–water partition coefficient (Wildman–Crippen LogP) is 3.93. The van der Waals surface area contributed by atoms with Gasteiger partial charge in [-0.2, -0.15) is 0 Å². The van der Waals surface area contributed by atoms with Crippen molar-refractivity contribution in [2.45, 2.75) is 5.92 Å². The fourth-order valence-corrected chi connectivity index (χ4v) is 2.48. The average Bonchev–Trinajstić information content (AvgIpc) is 2.61. The number of hydrogen-bond donors (Lipinski definition) is 1. The second kappa shape index (κ2) is 4.83. The summed E-state index contributed by atoms with van der Waals surface area (Å²) in [5.74, 6) is 0.256. The van der Waals surface area contributed by atoms with Gasteiger partial charge in [0, 0.05) is 16.6 Å². The maximum absolute atomic E-state index is 6.11. The minimum atomic E-state index is 0.256. The standard InChI is InChI=1S/C15H13ClN2/c16-12-6-7-15-13(8-12)14(9-17-10-18-15)11-4-2-1-3-5-11/h1-8,10,14H,9H2,(H,17,18). The van der Waals surface area contributed by atoms with Crippen molar-refractivity contribution in [1.82, 2.24) is 0 Å². The molecule has 0 fully saturated rings. The van der Waals surface area contributed by atoms with Crippen LogP contribution in [0.1, 0.15) is 17.0 Å². The molecule has 1 heterocycles. The number of nitrogens with zero attached hydrogens (tertiary/aromatic N) is 1. The highest BCUT2D eigenvalue weighted by Crippen LogP contribution is 2.33. The number of anilines is 1. The van der Waals surface area contributed by atoms with Crippen molar-refractivity contribution in [3.63, 3.8) is 0 Å². The molecule has 2 aromatic carbocycles. The maximum atomic E-state index is 6.11. The molecule has 0 spiro atoms. The van der Waals surface area contributed by atoms with Gasteiger partial charge in [0.1, 0.15) is 0 Å². The van der Waals surface area contributed by atoms with E-state index in [0.29, 0.717) is 0 Å². The summed E-state index contributed by atoms with van der Waals surface area (Å²) in [6.07, 6.45) is 1.76. The van der Waals surface area contributed by atoms with E-state index in [0.717, 1.165) is 17.3 Å². The van der Waals surface area contributed by atoms with Gasteiger partial charge >= 0.3 is 0 Å². The molecule has 0 saturated carbocycles. The first-order valence-electron chi connectivity index (χ1n) is 5.94. The molecule has 1 aliphatic rings. The van der Waals surface area contributed by atoms with Gasteiger partial charge in [-0.05, 0) is 29.3 Å². The molecular formula is C15H13ClN2. The van der Waals surface area contributed by atoms with Crippen LogP contribution < -0.4 is 5.32 Å². The van der Waals surface area contributed by atoms with Gasteiger partial charge in [0.05, 0.1) is 12.9 Å². The number of nitrogens with one attached hydrogen (secondary N) is 1. The molecule has 2 aromatic rings. The first-order chi connectivity index (χ1) is 8.84. The molecule has 18 heavy (non-hydrogen) atoms. The molecule has 0 aromatic heterocycles. The zero-order chi connectivity index (χ0) is 12.4. The van der Waals surface area contributed by atoms with Crippen LogP contribution in [0.15, 0.2) is 53.5 Å². The summed E-state index contributed by atoms with van der Waals surface area (Å²) in [5.41, 5.74) is 3.54. The molecule has 0 saturated heterocycles. The number of halogens is 1. The molecule has 2 nitrogen and oxygen atoms in total. The van der Waals surface area contributed by atoms with Crippen LogP contribution >= 0.6 is 11.6 Å². The summed E-state index contributed by atoms with van der Waals surface area (Å²) in [4.78, 5) is 4.39. The van der Waals surface area contributed by atoms with E-state index >= 15 is 0 Å². The fourth-order valence-electron chi connectivity index (χ4n) is 2.30. The largest absolute Gasteiger partial charge is 0.346 e. The highest BCUT2D eigenvalue weighted by atomic mass is 35.5. The smallest absolute Gasteiger partial charge is 0.0868 e. The molecule has 0 amide bonds. The molecule has 0 radical (unpaired) electrons. The second-order valence-electron chi connectivity index (χ2n) is 4.33. The summed E-state index contributed by atoms with van der Waals surface area (Å²) >= 11 is 6.11. The van der Waals surface area contributed by atoms with Crippen molar-refractivity contribution in [1.29, 1.82) is 0 Å². The lowest BCUT2D eigenvalue weighted by atomic mass is 9.90. The van der Waals surface area contributed by atoms with Crippen LogP contribution in [0.2, 0.25) is 5.02 Å². The topological polar surface area (TPSA) is 24.4 Å². The third-order valence-electron chi connectivity index (χ3n) is 3.19. The van der Waals surface area contributed by atoms with Crippen molar-refractivity contribution >= 4 is 23.6 Å². The molecule has 0 aliphatic carbocycles. The van der Waals surface area contributed by atoms with E-state index in [9.17, 15) is 0 Å². The van der Waals surface area contributed by atoms with E-state index in [1.54, 1.807) is 6.34 Å². The minimum absolute atomic E-state index is 0.256. The highest BCUT2D eigenvalue weighted by Gasteiger charge is 2.19. The Bertz CT molecular complexity index is 578. The number of aliphatic imine (C=N–C) groups is 1. The van der Waals surface area contributed by atoms with Crippen LogP contribution in [0.4, 0.5) is 5.69 Å². The summed E-state index contributed by atoms with van der Waals surface area (Å²) in [5, 5.41) is 3.96. The van der Waals surface area contributed by atoms with E-state index in [-0.39, 0.29) is 5.92 Å². The Labute approximate surface area is 111 Å². The first-order valence-corrected chi connectivity index (χ1v) is 6.31. The van der Waals surface area contributed by atoms with Crippen molar-refractivity contribution in [2.24, 2.45) is 4.99 Å². The predicted molar refractivity (Wildman–Crippen MR) is 76.7 cm³/mol. The Balaban J connectivity index is 2.11. The molecule has 1 N–H and O–H groups in total. The summed E-state index contributed by atoms with van der Waals surface area (Å²) in [6, 6.07) is 16.3. The Morgan fingerprint density at radius 1 is 1.11 bits per heavy atom. The van der Waals surface area contributed by atoms with Gasteiger partial charge in [0.2, 0.25) is 0 Å². The van der Waals surface area contributed by atoms with E-state index in [4.69, 9.17) is 11.6 Å². The maximum Gasteiger partial charge on any atom is 0.0868 e. The minimum Gasteiger partial charge on any atom is -0.346 e. The summed E-state index contributed by atoms with van der Waals surface area (Å²) < 4.78 is 0. The number of benzene rings is 2. The second-order valence-corrected chi connectivity index (χ2v) is 4.77. The fraction of sp³-hybridized carbons (Fsp3) is 0.133. The highest BCUT2D eigenvalue weighted by molar-refractivity contribution is 6.30. The number of hydrogen-bond acceptors (Lipinski definition) is 2. The Morgan fingerprint density at radius 3 is 2.78 bits per heavy atom. The van der Waals surface area contributed by atoms with Gasteiger partial charge < -0.3 is 5.32 Å². The van der Waals surface area contributed by atoms with E-state index in [1.807, 2.05) is 24.3 Å². The molecular weight excluding hydrogens is 244 g/mol. The van der Waals surface area contributed by atoms with Crippen LogP contribution in [0.5, 0.6) is 0 Å². The summed E-state index contributed by atoms with van der Waals surface area (Å²) in [7, 11) is 0. The van der Waals surface area contributed by atoms with Crippen LogP contribution in [0, 0.1) is 0 Å². The molecule has 3 rings (SSSR count). The molecule has 1 unspecified atom stereocenters. The van der Waals surface area contributed by atoms with E-state index in [2.05, 4.69) is 34.6 Å². The van der Waals surface area contributed by atoms with E-state index < -0.39 is 0 Å². The number of fused-ring (bicyclic) bond motifs is 1. The van der Waals surface area contributed by atoms with Gasteiger partial charge in [0.25, 0.3) is 0 Å². The van der Waals surface area contributed by atoms with Crippen molar-refractivity contribution in [3.8, 4) is 0 Å². The van der Waals surface area contributed by atoms with Crippen LogP contribution in [0.3, 0.4) is 0 Å². The van der Waals surface area contributed by atoms with Crippen molar-refractivity contribution < 1.29 is 0 Å². The van der Waals surface area contributed by atoms with Crippen LogP contribution in [0.25, 0.3) is 0 Å². The quantitative estimate of drug-likeness (QED) is 0.822. The van der Waals surface area contributed by atoms with Gasteiger partial charge in [-0.1, -0.05) is 41.9 Å². The van der Waals surface area contributed by atoms with Gasteiger partial charge in [-0.25, -0.2) is 0 Å². The molecule has 90 valence electrons. The third-order valence-corrected chi connectivity index (χ3v) is 3.43. The Hall–Kier alpha value is -1.80. The lowest BCUT2D eigenvalue weighted by Gasteiger charge is -2.17. The molecule has 1 aliphatic heterocycles. The Kier molecular flexibility index (Phi) is 3.03. The average molecular weight is 257 g/mol. The van der Waals surface area contributed by atoms with Crippen molar-refractivity contribution in [3.05, 3.63) is 64.7 Å². The Morgan fingerprint density at radius 2 is 1.94 bits per heavy atom. The third kappa shape index (κ3) is 2.12. The monoisotopic (exact) mass is 256 g/mol. The lowest BCUT2D eigenvalue weighted by molar-refractivity contribution is 0.831. The molecule has 1 atom stereocenters. The zero-order valence-electron chi connectivity index (χ0n) is 9.81. The number of rotatable bonds is 1. The molecule has 0 bridgehead atoms. The van der Waals surface area contributed by atoms with Gasteiger partial charge in [0.15, 0.2) is 0 Å². The zero-order valence-corrected chi connectivity index (χ0v) is 10.6. The molecule has 3 heteroatoms. The lowest BCUT2D eigenvalue weighted by Crippen LogP contribution is -2.05. The van der Waals surface area contributed by atoms with E-state index in [1.165, 1.54) is 11.1 Å². The van der Waals surface area contributed by atoms with Crippen LogP contribution in [-0.4, -0.2) is 12.9 Å². The summed E-state index contributed by atoms with van der Waals surface area (Å²) in [6.45, 7) is 0.740. The van der Waals surface area contributed by atoms with Gasteiger partial charge in [-0.3, -0.25) is 4.99 Å².